The Hall–Kier alpha value is -4.22. The van der Waals surface area contributed by atoms with Crippen molar-refractivity contribution in [2.24, 2.45) is 0 Å². The molecule has 0 saturated carbocycles. The second-order valence-electron chi connectivity index (χ2n) is 11.3. The number of rotatable bonds is 10. The highest BCUT2D eigenvalue weighted by Crippen LogP contribution is 2.37. The van der Waals surface area contributed by atoms with Crippen LogP contribution in [0.15, 0.2) is 91.0 Å². The van der Waals surface area contributed by atoms with E-state index in [-0.39, 0.29) is 11.5 Å². The number of hydrogen-bond donors (Lipinski definition) is 2. The lowest BCUT2D eigenvalue weighted by Crippen LogP contribution is -2.39. The maximum absolute atomic E-state index is 9.93. The molecule has 41 heavy (non-hydrogen) atoms. The van der Waals surface area contributed by atoms with Crippen LogP contribution in [-0.4, -0.2) is 44.9 Å². The minimum absolute atomic E-state index is 0.254. The molecule has 0 aliphatic carbocycles. The highest BCUT2D eigenvalue weighted by atomic mass is 16.5. The number of benzene rings is 4. The lowest BCUT2D eigenvalue weighted by Gasteiger charge is -2.30. The van der Waals surface area contributed by atoms with Crippen LogP contribution in [-0.2, 0) is 6.54 Å². The van der Waals surface area contributed by atoms with Gasteiger partial charge >= 0.3 is 0 Å². The molecule has 5 aromatic rings. The molecule has 0 bridgehead atoms. The van der Waals surface area contributed by atoms with Crippen LogP contribution in [0.3, 0.4) is 0 Å². The number of aromatic nitrogens is 1. The summed E-state index contributed by atoms with van der Waals surface area (Å²) in [7, 11) is 0. The third-order valence-electron chi connectivity index (χ3n) is 7.87. The minimum Gasteiger partial charge on any atom is -0.508 e. The van der Waals surface area contributed by atoms with Crippen LogP contribution in [0.5, 0.6) is 17.2 Å². The smallest absolute Gasteiger partial charge is 0.119 e. The Balaban J connectivity index is 1.45. The highest BCUT2D eigenvalue weighted by molar-refractivity contribution is 5.94. The van der Waals surface area contributed by atoms with Crippen LogP contribution in [0.2, 0.25) is 0 Å². The maximum atomic E-state index is 9.93. The molecule has 5 rings (SSSR count). The topological polar surface area (TPSA) is 57.9 Å². The maximum Gasteiger partial charge on any atom is 0.119 e. The van der Waals surface area contributed by atoms with E-state index in [1.54, 1.807) is 24.3 Å². The average molecular weight is 549 g/mol. The summed E-state index contributed by atoms with van der Waals surface area (Å²) in [6.07, 6.45) is 0. The zero-order valence-electron chi connectivity index (χ0n) is 24.6. The second-order valence-corrected chi connectivity index (χ2v) is 11.3. The predicted octanol–water partition coefficient (Wildman–Crippen LogP) is 8.24. The van der Waals surface area contributed by atoms with Crippen molar-refractivity contribution in [3.63, 3.8) is 0 Å². The molecule has 1 aromatic heterocycles. The van der Waals surface area contributed by atoms with Gasteiger partial charge in [0.15, 0.2) is 0 Å². The fourth-order valence-electron chi connectivity index (χ4n) is 5.77. The van der Waals surface area contributed by atoms with E-state index in [1.807, 2.05) is 24.3 Å². The van der Waals surface area contributed by atoms with Gasteiger partial charge in [-0.3, -0.25) is 4.90 Å². The number of hydrogen-bond acceptors (Lipinski definition) is 4. The summed E-state index contributed by atoms with van der Waals surface area (Å²) in [4.78, 5) is 2.44. The molecule has 0 unspecified atom stereocenters. The van der Waals surface area contributed by atoms with E-state index < -0.39 is 0 Å². The quantitative estimate of drug-likeness (QED) is 0.185. The second kappa shape index (κ2) is 12.1. The normalized spacial score (nSPS) is 11.7. The van der Waals surface area contributed by atoms with Gasteiger partial charge in [0.2, 0.25) is 0 Å². The third kappa shape index (κ3) is 6.26. The van der Waals surface area contributed by atoms with Crippen LogP contribution in [0.25, 0.3) is 33.3 Å². The zero-order valence-corrected chi connectivity index (χ0v) is 24.6. The predicted molar refractivity (Wildman–Crippen MR) is 169 cm³/mol. The van der Waals surface area contributed by atoms with Crippen molar-refractivity contribution in [2.45, 2.75) is 53.2 Å². The summed E-state index contributed by atoms with van der Waals surface area (Å²) in [5, 5.41) is 20.8. The first-order valence-electron chi connectivity index (χ1n) is 14.4. The van der Waals surface area contributed by atoms with Crippen LogP contribution < -0.4 is 4.74 Å². The molecule has 0 atom stereocenters. The fourth-order valence-corrected chi connectivity index (χ4v) is 5.77. The molecule has 1 heterocycles. The van der Waals surface area contributed by atoms with Gasteiger partial charge in [0, 0.05) is 36.1 Å². The first-order valence-corrected chi connectivity index (χ1v) is 14.4. The lowest BCUT2D eigenvalue weighted by molar-refractivity contribution is 0.142. The first-order chi connectivity index (χ1) is 19.7. The van der Waals surface area contributed by atoms with E-state index in [2.05, 4.69) is 86.6 Å². The van der Waals surface area contributed by atoms with Gasteiger partial charge in [-0.05, 0) is 123 Å². The highest BCUT2D eigenvalue weighted by Gasteiger charge is 2.18. The van der Waals surface area contributed by atoms with Crippen molar-refractivity contribution in [3.8, 4) is 39.6 Å². The van der Waals surface area contributed by atoms with Crippen molar-refractivity contribution >= 4 is 10.9 Å². The van der Waals surface area contributed by atoms with Crippen LogP contribution >= 0.6 is 0 Å². The lowest BCUT2D eigenvalue weighted by atomic mass is 10.0. The van der Waals surface area contributed by atoms with E-state index in [0.717, 1.165) is 40.2 Å². The molecule has 5 heteroatoms. The number of phenols is 2. The van der Waals surface area contributed by atoms with Gasteiger partial charge in [-0.15, -0.1) is 0 Å². The van der Waals surface area contributed by atoms with Crippen molar-refractivity contribution in [1.82, 2.24) is 9.47 Å². The first kappa shape index (κ1) is 28.3. The van der Waals surface area contributed by atoms with E-state index in [0.29, 0.717) is 25.2 Å². The molecule has 0 aliphatic rings. The molecule has 4 aromatic carbocycles. The van der Waals surface area contributed by atoms with Gasteiger partial charge in [0.1, 0.15) is 23.9 Å². The van der Waals surface area contributed by atoms with Crippen molar-refractivity contribution in [1.29, 1.82) is 0 Å². The Bertz CT molecular complexity index is 1590. The number of phenolic OH excluding ortho intramolecular Hbond substituents is 2. The summed E-state index contributed by atoms with van der Waals surface area (Å²) < 4.78 is 8.45. The fraction of sp³-hybridized carbons (Fsp3) is 0.278. The SMILES string of the molecule is Cc1c(-c2ccc(O)cc2)n(Cc2ccc(OCCN(C(C)C)C(C)C)cc2)c2ccc(-c3ccc(O)cc3)cc12. The molecular formula is C36H40N2O3. The van der Waals surface area contributed by atoms with E-state index in [9.17, 15) is 10.2 Å². The third-order valence-corrected chi connectivity index (χ3v) is 7.87. The largest absolute Gasteiger partial charge is 0.508 e. The van der Waals surface area contributed by atoms with Gasteiger partial charge < -0.3 is 19.5 Å². The molecule has 5 nitrogen and oxygen atoms in total. The van der Waals surface area contributed by atoms with Gasteiger partial charge in [-0.25, -0.2) is 0 Å². The Labute approximate surface area is 243 Å². The molecule has 0 saturated heterocycles. The number of nitrogens with zero attached hydrogens (tertiary/aromatic N) is 2. The van der Waals surface area contributed by atoms with Gasteiger partial charge in [0.05, 0.1) is 5.69 Å². The molecule has 212 valence electrons. The Morgan fingerprint density at radius 1 is 0.707 bits per heavy atom. The minimum atomic E-state index is 0.254. The molecular weight excluding hydrogens is 508 g/mol. The van der Waals surface area contributed by atoms with Crippen LogP contribution in [0, 0.1) is 6.92 Å². The molecule has 0 radical (unpaired) electrons. The van der Waals surface area contributed by atoms with E-state index in [4.69, 9.17) is 4.74 Å². The average Bonchev–Trinajstić information content (AvgIpc) is 3.22. The summed E-state index contributed by atoms with van der Waals surface area (Å²) in [5.41, 5.74) is 7.87. The molecule has 0 amide bonds. The molecule has 0 spiro atoms. The monoisotopic (exact) mass is 548 g/mol. The Kier molecular flexibility index (Phi) is 8.36. The van der Waals surface area contributed by atoms with Crippen molar-refractivity contribution in [3.05, 3.63) is 102 Å². The number of ether oxygens (including phenoxy) is 1. The number of fused-ring (bicyclic) bond motifs is 1. The summed E-state index contributed by atoms with van der Waals surface area (Å²) in [6.45, 7) is 13.3. The summed E-state index contributed by atoms with van der Waals surface area (Å²) in [6, 6.07) is 30.7. The van der Waals surface area contributed by atoms with Gasteiger partial charge in [0.25, 0.3) is 0 Å². The van der Waals surface area contributed by atoms with Gasteiger partial charge in [-0.1, -0.05) is 30.3 Å². The standard InChI is InChI=1S/C36H40N2O3/c1-24(2)37(25(3)4)20-21-41-33-17-6-27(7-18-33)23-38-35-19-12-30(28-8-13-31(39)14-9-28)22-34(35)26(5)36(38)29-10-15-32(40)16-11-29/h6-19,22,24-25,39-40H,20-21,23H2,1-5H3. The molecule has 2 N–H and O–H groups in total. The summed E-state index contributed by atoms with van der Waals surface area (Å²) >= 11 is 0. The number of aromatic hydroxyl groups is 2. The van der Waals surface area contributed by atoms with Crippen molar-refractivity contribution in [2.75, 3.05) is 13.2 Å². The summed E-state index contributed by atoms with van der Waals surface area (Å²) in [5.74, 6) is 1.40. The Morgan fingerprint density at radius 2 is 1.27 bits per heavy atom. The van der Waals surface area contributed by atoms with Crippen LogP contribution in [0.1, 0.15) is 38.8 Å². The number of aryl methyl sites for hydroxylation is 1. The molecule has 0 aliphatic heterocycles. The Morgan fingerprint density at radius 3 is 1.85 bits per heavy atom. The van der Waals surface area contributed by atoms with E-state index in [1.165, 1.54) is 16.5 Å². The van der Waals surface area contributed by atoms with Crippen LogP contribution in [0.4, 0.5) is 0 Å². The van der Waals surface area contributed by atoms with E-state index >= 15 is 0 Å². The zero-order chi connectivity index (χ0) is 29.1. The van der Waals surface area contributed by atoms with Crippen molar-refractivity contribution < 1.29 is 14.9 Å². The molecule has 0 fully saturated rings. The van der Waals surface area contributed by atoms with Gasteiger partial charge in [-0.2, -0.15) is 0 Å².